The molecular formula is C12H16O6. The molecule has 100 valence electrons. The molecule has 0 aliphatic carbocycles. The predicted octanol–water partition coefficient (Wildman–Crippen LogP) is 0.742. The van der Waals surface area contributed by atoms with Gasteiger partial charge in [-0.1, -0.05) is 6.92 Å². The van der Waals surface area contributed by atoms with Crippen LogP contribution in [-0.4, -0.2) is 27.2 Å². The Morgan fingerprint density at radius 2 is 2.06 bits per heavy atom. The lowest BCUT2D eigenvalue weighted by Crippen LogP contribution is -2.19. The van der Waals surface area contributed by atoms with Crippen molar-refractivity contribution in [3.8, 4) is 5.75 Å². The molecule has 1 aromatic rings. The van der Waals surface area contributed by atoms with Crippen LogP contribution in [0.5, 0.6) is 5.75 Å². The smallest absolute Gasteiger partial charge is 0.350 e. The number of carbonyl (C=O) groups excluding carboxylic acids is 1. The number of aliphatic hydroxyl groups is 2. The highest BCUT2D eigenvalue weighted by molar-refractivity contribution is 5.97. The molecule has 0 saturated heterocycles. The highest BCUT2D eigenvalue weighted by atomic mass is 16.4. The Morgan fingerprint density at radius 1 is 1.44 bits per heavy atom. The van der Waals surface area contributed by atoms with Crippen LogP contribution in [0.4, 0.5) is 0 Å². The van der Waals surface area contributed by atoms with Crippen molar-refractivity contribution in [1.29, 1.82) is 0 Å². The Balaban J connectivity index is 3.21. The number of hydrogen-bond acceptors (Lipinski definition) is 6. The molecule has 0 spiro atoms. The zero-order valence-corrected chi connectivity index (χ0v) is 10.2. The molecule has 0 saturated carbocycles. The summed E-state index contributed by atoms with van der Waals surface area (Å²) in [7, 11) is 0. The third-order valence-electron chi connectivity index (χ3n) is 2.45. The van der Waals surface area contributed by atoms with Gasteiger partial charge in [0, 0.05) is 12.5 Å². The minimum atomic E-state index is -1.43. The normalized spacial score (nSPS) is 14.2. The molecule has 3 N–H and O–H groups in total. The summed E-state index contributed by atoms with van der Waals surface area (Å²) in [5.74, 6) is -1.33. The maximum Gasteiger partial charge on any atom is 0.350 e. The molecule has 1 rings (SSSR count). The molecule has 0 aromatic carbocycles. The largest absolute Gasteiger partial charge is 0.507 e. The van der Waals surface area contributed by atoms with Gasteiger partial charge < -0.3 is 19.7 Å². The van der Waals surface area contributed by atoms with E-state index in [4.69, 9.17) is 9.52 Å². The van der Waals surface area contributed by atoms with Gasteiger partial charge in [0.1, 0.15) is 23.2 Å². The summed E-state index contributed by atoms with van der Waals surface area (Å²) in [4.78, 5) is 23.1. The predicted molar refractivity (Wildman–Crippen MR) is 62.5 cm³/mol. The summed E-state index contributed by atoms with van der Waals surface area (Å²) in [6, 6.07) is 0.974. The second kappa shape index (κ2) is 5.79. The fourth-order valence-electron chi connectivity index (χ4n) is 1.49. The number of aromatic hydroxyl groups is 1. The van der Waals surface area contributed by atoms with E-state index >= 15 is 0 Å². The Morgan fingerprint density at radius 3 is 2.50 bits per heavy atom. The zero-order valence-electron chi connectivity index (χ0n) is 10.2. The number of aliphatic hydroxyl groups excluding tert-OH is 2. The Labute approximate surface area is 103 Å². The minimum absolute atomic E-state index is 0.122. The molecule has 1 aromatic heterocycles. The number of hydrogen-bond donors (Lipinski definition) is 3. The summed E-state index contributed by atoms with van der Waals surface area (Å²) in [6.07, 6.45) is -1.93. The first-order valence-corrected chi connectivity index (χ1v) is 5.64. The topological polar surface area (TPSA) is 108 Å². The van der Waals surface area contributed by atoms with Gasteiger partial charge in [-0.05, 0) is 13.3 Å². The number of ketones is 1. The van der Waals surface area contributed by atoms with Gasteiger partial charge in [-0.3, -0.25) is 4.79 Å². The standard InChI is InChI=1S/C12H16O6/c1-3-4-7(14)10-8(15)5-9(18-12(10)17)11(16)6(2)13/h5-6,11,13,15-16H,3-4H2,1-2H3. The van der Waals surface area contributed by atoms with E-state index in [-0.39, 0.29) is 12.2 Å². The lowest BCUT2D eigenvalue weighted by molar-refractivity contribution is 0.0146. The Bertz CT molecular complexity index is 488. The van der Waals surface area contributed by atoms with Crippen LogP contribution in [0.3, 0.4) is 0 Å². The fraction of sp³-hybridized carbons (Fsp3) is 0.500. The molecule has 18 heavy (non-hydrogen) atoms. The molecule has 0 radical (unpaired) electrons. The van der Waals surface area contributed by atoms with Gasteiger partial charge in [0.05, 0.1) is 6.10 Å². The quantitative estimate of drug-likeness (QED) is 0.671. The van der Waals surface area contributed by atoms with E-state index in [0.717, 1.165) is 6.07 Å². The molecule has 0 amide bonds. The maximum absolute atomic E-state index is 11.6. The van der Waals surface area contributed by atoms with Crippen molar-refractivity contribution in [3.63, 3.8) is 0 Å². The van der Waals surface area contributed by atoms with Gasteiger partial charge >= 0.3 is 5.63 Å². The zero-order chi connectivity index (χ0) is 13.9. The van der Waals surface area contributed by atoms with Crippen LogP contribution >= 0.6 is 0 Å². The first-order chi connectivity index (χ1) is 8.38. The van der Waals surface area contributed by atoms with Crippen molar-refractivity contribution in [1.82, 2.24) is 0 Å². The number of carbonyl (C=O) groups is 1. The lowest BCUT2D eigenvalue weighted by Gasteiger charge is -2.12. The van der Waals surface area contributed by atoms with Crippen molar-refractivity contribution < 1.29 is 24.5 Å². The van der Waals surface area contributed by atoms with E-state index < -0.39 is 34.9 Å². The SMILES string of the molecule is CCCC(=O)c1c(O)cc(C(O)C(C)O)oc1=O. The molecule has 0 bridgehead atoms. The van der Waals surface area contributed by atoms with Crippen molar-refractivity contribution in [3.05, 3.63) is 27.8 Å². The Hall–Kier alpha value is -1.66. The molecule has 0 aliphatic heterocycles. The second-order valence-corrected chi connectivity index (χ2v) is 4.06. The molecule has 1 heterocycles. The highest BCUT2D eigenvalue weighted by Crippen LogP contribution is 2.23. The van der Waals surface area contributed by atoms with Gasteiger partial charge in [-0.25, -0.2) is 4.79 Å². The summed E-state index contributed by atoms with van der Waals surface area (Å²) in [6.45, 7) is 3.07. The van der Waals surface area contributed by atoms with E-state index in [1.807, 2.05) is 0 Å². The fourth-order valence-corrected chi connectivity index (χ4v) is 1.49. The lowest BCUT2D eigenvalue weighted by atomic mass is 10.1. The molecule has 6 heteroatoms. The van der Waals surface area contributed by atoms with Crippen LogP contribution in [0.25, 0.3) is 0 Å². The summed E-state index contributed by atoms with van der Waals surface area (Å²) >= 11 is 0. The number of rotatable bonds is 5. The second-order valence-electron chi connectivity index (χ2n) is 4.06. The molecular weight excluding hydrogens is 240 g/mol. The van der Waals surface area contributed by atoms with Crippen LogP contribution < -0.4 is 5.63 Å². The van der Waals surface area contributed by atoms with Crippen molar-refractivity contribution >= 4 is 5.78 Å². The van der Waals surface area contributed by atoms with Gasteiger partial charge in [0.2, 0.25) is 0 Å². The average molecular weight is 256 g/mol. The van der Waals surface area contributed by atoms with Crippen molar-refractivity contribution in [2.24, 2.45) is 0 Å². The van der Waals surface area contributed by atoms with E-state index in [9.17, 15) is 19.8 Å². The maximum atomic E-state index is 11.6. The van der Waals surface area contributed by atoms with Crippen LogP contribution in [0.2, 0.25) is 0 Å². The average Bonchev–Trinajstić information content (AvgIpc) is 2.27. The van der Waals surface area contributed by atoms with E-state index in [1.165, 1.54) is 6.92 Å². The summed E-state index contributed by atoms with van der Waals surface area (Å²) in [5, 5.41) is 28.3. The van der Waals surface area contributed by atoms with Crippen molar-refractivity contribution in [2.75, 3.05) is 0 Å². The molecule has 0 fully saturated rings. The van der Waals surface area contributed by atoms with Gasteiger partial charge in [0.15, 0.2) is 5.78 Å². The molecule has 0 aliphatic rings. The van der Waals surface area contributed by atoms with Gasteiger partial charge in [-0.15, -0.1) is 0 Å². The first kappa shape index (κ1) is 14.4. The molecule has 6 nitrogen and oxygen atoms in total. The van der Waals surface area contributed by atoms with Crippen LogP contribution in [-0.2, 0) is 0 Å². The summed E-state index contributed by atoms with van der Waals surface area (Å²) < 4.78 is 4.73. The minimum Gasteiger partial charge on any atom is -0.507 e. The number of Topliss-reactive ketones (excluding diaryl/α,β-unsaturated/α-hetero) is 1. The van der Waals surface area contributed by atoms with E-state index in [0.29, 0.717) is 6.42 Å². The highest BCUT2D eigenvalue weighted by Gasteiger charge is 2.23. The van der Waals surface area contributed by atoms with Crippen LogP contribution in [0.1, 0.15) is 48.9 Å². The third-order valence-corrected chi connectivity index (χ3v) is 2.45. The van der Waals surface area contributed by atoms with E-state index in [2.05, 4.69) is 0 Å². The van der Waals surface area contributed by atoms with Crippen LogP contribution in [0.15, 0.2) is 15.3 Å². The third kappa shape index (κ3) is 2.96. The summed E-state index contributed by atoms with van der Waals surface area (Å²) in [5.41, 5.74) is -1.43. The van der Waals surface area contributed by atoms with Crippen molar-refractivity contribution in [2.45, 2.75) is 38.9 Å². The monoisotopic (exact) mass is 256 g/mol. The Kier molecular flexibility index (Phi) is 4.63. The first-order valence-electron chi connectivity index (χ1n) is 5.64. The molecule has 2 atom stereocenters. The van der Waals surface area contributed by atoms with Gasteiger partial charge in [-0.2, -0.15) is 0 Å². The van der Waals surface area contributed by atoms with E-state index in [1.54, 1.807) is 6.92 Å². The van der Waals surface area contributed by atoms with Gasteiger partial charge in [0.25, 0.3) is 0 Å². The molecule has 2 unspecified atom stereocenters. The van der Waals surface area contributed by atoms with Crippen LogP contribution in [0, 0.1) is 0 Å².